The van der Waals surface area contributed by atoms with Crippen LogP contribution in [0, 0.1) is 5.82 Å². The smallest absolute Gasteiger partial charge is 0.264 e. The molecule has 1 aromatic heterocycles. The summed E-state index contributed by atoms with van der Waals surface area (Å²) >= 11 is 0. The van der Waals surface area contributed by atoms with Crippen molar-refractivity contribution < 1.29 is 22.7 Å². The first-order valence-corrected chi connectivity index (χ1v) is 8.98. The van der Waals surface area contributed by atoms with Crippen molar-refractivity contribution in [3.05, 3.63) is 77.6 Å². The monoisotopic (exact) mass is 411 g/mol. The quantitative estimate of drug-likeness (QED) is 0.451. The number of aromatic nitrogens is 2. The summed E-state index contributed by atoms with van der Waals surface area (Å²) in [6.07, 6.45) is -2.71. The summed E-state index contributed by atoms with van der Waals surface area (Å²) in [6.45, 7) is 0. The number of fused-ring (bicyclic) bond motifs is 1. The van der Waals surface area contributed by atoms with Gasteiger partial charge in [-0.25, -0.2) is 18.2 Å². The first-order valence-electron chi connectivity index (χ1n) is 8.98. The van der Waals surface area contributed by atoms with Crippen molar-refractivity contribution in [1.82, 2.24) is 9.97 Å². The molecule has 4 rings (SSSR count). The molecule has 4 aromatic rings. The number of hydrogen-bond donors (Lipinski definition) is 2. The maximum Gasteiger partial charge on any atom is 0.264 e. The minimum atomic E-state index is -2.71. The van der Waals surface area contributed by atoms with Crippen LogP contribution in [-0.4, -0.2) is 23.0 Å². The van der Waals surface area contributed by atoms with Crippen LogP contribution in [0.25, 0.3) is 22.4 Å². The lowest BCUT2D eigenvalue weighted by Crippen LogP contribution is -2.13. The van der Waals surface area contributed by atoms with Crippen molar-refractivity contribution in [2.75, 3.05) is 12.4 Å². The summed E-state index contributed by atoms with van der Waals surface area (Å²) in [5.41, 5.74) is 0.809. The van der Waals surface area contributed by atoms with E-state index in [1.54, 1.807) is 30.3 Å². The Hall–Kier alpha value is -3.81. The number of methoxy groups -OCH3 is 1. The lowest BCUT2D eigenvalue weighted by atomic mass is 10.1. The molecule has 0 atom stereocenters. The van der Waals surface area contributed by atoms with Crippen LogP contribution in [0.1, 0.15) is 22.3 Å². The van der Waals surface area contributed by atoms with E-state index in [-0.39, 0.29) is 33.5 Å². The minimum absolute atomic E-state index is 0.0233. The van der Waals surface area contributed by atoms with Gasteiger partial charge in [-0.2, -0.15) is 0 Å². The van der Waals surface area contributed by atoms with E-state index in [0.717, 1.165) is 6.07 Å². The highest BCUT2D eigenvalue weighted by Crippen LogP contribution is 2.31. The Morgan fingerprint density at radius 2 is 1.90 bits per heavy atom. The molecule has 5 nitrogen and oxygen atoms in total. The number of alkyl halides is 2. The molecule has 8 heteroatoms. The fourth-order valence-corrected chi connectivity index (χ4v) is 3.19. The summed E-state index contributed by atoms with van der Waals surface area (Å²) in [5, 5.41) is 2.67. The number of imidazole rings is 1. The Balaban J connectivity index is 1.77. The molecule has 0 unspecified atom stereocenters. The summed E-state index contributed by atoms with van der Waals surface area (Å²) in [5.74, 6) is -0.576. The summed E-state index contributed by atoms with van der Waals surface area (Å²) in [6, 6.07) is 14.8. The second-order valence-electron chi connectivity index (χ2n) is 6.51. The third-order valence-electron chi connectivity index (χ3n) is 4.57. The van der Waals surface area contributed by atoms with Gasteiger partial charge in [-0.05, 0) is 24.3 Å². The van der Waals surface area contributed by atoms with Crippen molar-refractivity contribution in [2.45, 2.75) is 6.43 Å². The van der Waals surface area contributed by atoms with Gasteiger partial charge in [0.15, 0.2) is 0 Å². The maximum atomic E-state index is 14.2. The number of halogens is 3. The van der Waals surface area contributed by atoms with E-state index in [0.29, 0.717) is 11.4 Å². The van der Waals surface area contributed by atoms with Crippen LogP contribution in [0.15, 0.2) is 60.7 Å². The van der Waals surface area contributed by atoms with Gasteiger partial charge in [0, 0.05) is 22.9 Å². The number of ether oxygens (including phenoxy) is 1. The number of anilines is 1. The molecule has 3 aromatic carbocycles. The van der Waals surface area contributed by atoms with Gasteiger partial charge in [0.1, 0.15) is 22.9 Å². The molecule has 0 saturated heterocycles. The highest BCUT2D eigenvalue weighted by Gasteiger charge is 2.20. The lowest BCUT2D eigenvalue weighted by Gasteiger charge is -2.07. The van der Waals surface area contributed by atoms with E-state index in [1.807, 2.05) is 0 Å². The van der Waals surface area contributed by atoms with Gasteiger partial charge in [-0.1, -0.05) is 30.3 Å². The standard InChI is InChI=1S/C22H16F3N3O2/c1-30-14-6-4-5-13(11-14)26-22(29)17-9-12(23)10-18-19(17)28-21(27-18)16-8-3-2-7-15(16)20(24)25/h2-11,20H,1H3,(H,26,29)(H,27,28). The number of hydrogen-bond acceptors (Lipinski definition) is 3. The molecule has 0 saturated carbocycles. The number of rotatable bonds is 5. The van der Waals surface area contributed by atoms with Crippen LogP contribution in [0.5, 0.6) is 5.75 Å². The van der Waals surface area contributed by atoms with Gasteiger partial charge in [-0.15, -0.1) is 0 Å². The zero-order valence-corrected chi connectivity index (χ0v) is 15.7. The minimum Gasteiger partial charge on any atom is -0.497 e. The van der Waals surface area contributed by atoms with E-state index in [4.69, 9.17) is 4.74 Å². The van der Waals surface area contributed by atoms with Crippen LogP contribution >= 0.6 is 0 Å². The molecule has 0 spiro atoms. The highest BCUT2D eigenvalue weighted by molar-refractivity contribution is 6.11. The van der Waals surface area contributed by atoms with Crippen LogP contribution in [0.3, 0.4) is 0 Å². The molecule has 0 aliphatic rings. The topological polar surface area (TPSA) is 67.0 Å². The number of aromatic amines is 1. The average Bonchev–Trinajstić information content (AvgIpc) is 3.16. The summed E-state index contributed by atoms with van der Waals surface area (Å²) < 4.78 is 46.0. The number of carbonyl (C=O) groups excluding carboxylic acids is 1. The molecule has 0 fully saturated rings. The molecule has 1 heterocycles. The second-order valence-corrected chi connectivity index (χ2v) is 6.51. The zero-order chi connectivity index (χ0) is 21.3. The SMILES string of the molecule is COc1cccc(NC(=O)c2cc(F)cc3[nH]c(-c4ccccc4C(F)F)nc23)c1. The molecular formula is C22H16F3N3O2. The number of benzene rings is 3. The number of H-pyrrole nitrogens is 1. The third-order valence-corrected chi connectivity index (χ3v) is 4.57. The van der Waals surface area contributed by atoms with Crippen LogP contribution in [0.4, 0.5) is 18.9 Å². The Bertz CT molecular complexity index is 1240. The van der Waals surface area contributed by atoms with Crippen molar-refractivity contribution in [2.24, 2.45) is 0 Å². The largest absolute Gasteiger partial charge is 0.497 e. The summed E-state index contributed by atoms with van der Waals surface area (Å²) in [7, 11) is 1.50. The number of nitrogens with one attached hydrogen (secondary N) is 2. The van der Waals surface area contributed by atoms with Gasteiger partial charge in [0.05, 0.1) is 18.2 Å². The third kappa shape index (κ3) is 3.71. The average molecular weight is 411 g/mol. The zero-order valence-electron chi connectivity index (χ0n) is 15.7. The van der Waals surface area contributed by atoms with Gasteiger partial charge >= 0.3 is 0 Å². The highest BCUT2D eigenvalue weighted by atomic mass is 19.3. The molecule has 2 N–H and O–H groups in total. The fourth-order valence-electron chi connectivity index (χ4n) is 3.19. The first-order chi connectivity index (χ1) is 14.5. The molecule has 0 aliphatic heterocycles. The molecule has 152 valence electrons. The molecule has 0 aliphatic carbocycles. The molecule has 30 heavy (non-hydrogen) atoms. The second kappa shape index (κ2) is 7.90. The van der Waals surface area contributed by atoms with Crippen molar-refractivity contribution in [1.29, 1.82) is 0 Å². The predicted molar refractivity (Wildman–Crippen MR) is 107 cm³/mol. The molecule has 0 radical (unpaired) electrons. The fraction of sp³-hybridized carbons (Fsp3) is 0.0909. The van der Waals surface area contributed by atoms with E-state index in [1.165, 1.54) is 31.4 Å². The van der Waals surface area contributed by atoms with Crippen molar-refractivity contribution >= 4 is 22.6 Å². The molecule has 0 bridgehead atoms. The number of nitrogens with zero attached hydrogens (tertiary/aromatic N) is 1. The Kier molecular flexibility index (Phi) is 5.14. The van der Waals surface area contributed by atoms with Gasteiger partial charge in [-0.3, -0.25) is 4.79 Å². The lowest BCUT2D eigenvalue weighted by molar-refractivity contribution is 0.102. The maximum absolute atomic E-state index is 14.2. The van der Waals surface area contributed by atoms with Crippen LogP contribution in [0.2, 0.25) is 0 Å². The number of carbonyl (C=O) groups is 1. The van der Waals surface area contributed by atoms with Crippen LogP contribution < -0.4 is 10.1 Å². The van der Waals surface area contributed by atoms with Gasteiger partial charge in [0.25, 0.3) is 12.3 Å². The number of amides is 1. The molecular weight excluding hydrogens is 395 g/mol. The normalized spacial score (nSPS) is 11.1. The Morgan fingerprint density at radius 1 is 1.10 bits per heavy atom. The predicted octanol–water partition coefficient (Wildman–Crippen LogP) is 5.57. The molecule has 1 amide bonds. The van der Waals surface area contributed by atoms with Gasteiger partial charge < -0.3 is 15.0 Å². The van der Waals surface area contributed by atoms with E-state index in [2.05, 4.69) is 15.3 Å². The first kappa shape index (κ1) is 19.5. The van der Waals surface area contributed by atoms with E-state index >= 15 is 0 Å². The van der Waals surface area contributed by atoms with E-state index < -0.39 is 18.1 Å². The Morgan fingerprint density at radius 3 is 2.67 bits per heavy atom. The Labute approximate surface area is 169 Å². The van der Waals surface area contributed by atoms with Crippen molar-refractivity contribution in [3.63, 3.8) is 0 Å². The summed E-state index contributed by atoms with van der Waals surface area (Å²) in [4.78, 5) is 20.0. The van der Waals surface area contributed by atoms with Crippen molar-refractivity contribution in [3.8, 4) is 17.1 Å². The van der Waals surface area contributed by atoms with E-state index in [9.17, 15) is 18.0 Å². The van der Waals surface area contributed by atoms with Crippen LogP contribution in [-0.2, 0) is 0 Å². The van der Waals surface area contributed by atoms with Gasteiger partial charge in [0.2, 0.25) is 0 Å².